The van der Waals surface area contributed by atoms with E-state index in [9.17, 15) is 0 Å². The molecule has 0 heterocycles. The second-order valence-corrected chi connectivity index (χ2v) is 4.98. The fraction of sp³-hybridized carbons (Fsp3) is 0.211. The summed E-state index contributed by atoms with van der Waals surface area (Å²) in [5.74, 6) is 0. The molecule has 0 aliphatic rings. The molecule has 0 saturated carbocycles. The summed E-state index contributed by atoms with van der Waals surface area (Å²) in [7, 11) is 0. The average molecular weight is 308 g/mol. The Morgan fingerprint density at radius 3 is 2.70 bits per heavy atom. The zero-order chi connectivity index (χ0) is 17.2. The predicted molar refractivity (Wildman–Crippen MR) is 103 cm³/mol. The first-order valence-corrected chi connectivity index (χ1v) is 7.44. The van der Waals surface area contributed by atoms with Crippen molar-refractivity contribution < 1.29 is 0 Å². The molecule has 0 aliphatic heterocycles. The van der Waals surface area contributed by atoms with Gasteiger partial charge in [0.25, 0.3) is 0 Å². The van der Waals surface area contributed by atoms with Crippen molar-refractivity contribution in [1.82, 2.24) is 0 Å². The lowest BCUT2D eigenvalue weighted by Gasteiger charge is -2.14. The second kappa shape index (κ2) is 9.30. The van der Waals surface area contributed by atoms with Gasteiger partial charge >= 0.3 is 0 Å². The van der Waals surface area contributed by atoms with Gasteiger partial charge < -0.3 is 5.32 Å². The van der Waals surface area contributed by atoms with Gasteiger partial charge in [-0.15, -0.1) is 6.58 Å². The molecular formula is C19H24N4. The normalized spacial score (nSPS) is 11.3. The van der Waals surface area contributed by atoms with Crippen LogP contribution in [0.1, 0.15) is 25.0 Å². The number of rotatable bonds is 9. The van der Waals surface area contributed by atoms with Crippen molar-refractivity contribution in [3.05, 3.63) is 60.3 Å². The van der Waals surface area contributed by atoms with E-state index in [4.69, 9.17) is 5.41 Å². The lowest BCUT2D eigenvalue weighted by atomic mass is 9.97. The number of anilines is 1. The summed E-state index contributed by atoms with van der Waals surface area (Å²) < 4.78 is 0. The number of nitrogens with zero attached hydrogens (tertiary/aromatic N) is 2. The van der Waals surface area contributed by atoms with E-state index in [0.29, 0.717) is 24.4 Å². The number of hydrogen-bond acceptors (Lipinski definition) is 4. The number of benzene rings is 1. The molecule has 0 fully saturated rings. The molecule has 0 aromatic heterocycles. The Bertz CT molecular complexity index is 666. The molecule has 4 nitrogen and oxygen atoms in total. The molecule has 0 spiro atoms. The molecule has 0 bridgehead atoms. The molecular weight excluding hydrogens is 284 g/mol. The largest absolute Gasteiger partial charge is 0.381 e. The van der Waals surface area contributed by atoms with Gasteiger partial charge in [0.2, 0.25) is 0 Å². The number of allylic oxidation sites excluding steroid dienone is 2. The predicted octanol–water partition coefficient (Wildman–Crippen LogP) is 4.36. The SMILES string of the molecule is C=CCNc1ccc(C(/C=N\CC)=C/N=C)cc1C(=N)C(=C)C. The quantitative estimate of drug-likeness (QED) is 0.517. The molecule has 23 heavy (non-hydrogen) atoms. The fourth-order valence-electron chi connectivity index (χ4n) is 1.97. The molecule has 1 rings (SSSR count). The highest BCUT2D eigenvalue weighted by molar-refractivity contribution is 6.15. The van der Waals surface area contributed by atoms with Gasteiger partial charge in [-0.2, -0.15) is 0 Å². The number of aliphatic imine (C=N–C) groups is 2. The lowest BCUT2D eigenvalue weighted by molar-refractivity contribution is 1.14. The number of hydrogen-bond donors (Lipinski definition) is 2. The van der Waals surface area contributed by atoms with Crippen LogP contribution in [0.3, 0.4) is 0 Å². The first-order valence-electron chi connectivity index (χ1n) is 7.44. The van der Waals surface area contributed by atoms with Gasteiger partial charge in [-0.1, -0.05) is 18.7 Å². The van der Waals surface area contributed by atoms with E-state index in [-0.39, 0.29) is 0 Å². The van der Waals surface area contributed by atoms with Crippen molar-refractivity contribution in [1.29, 1.82) is 5.41 Å². The second-order valence-electron chi connectivity index (χ2n) is 4.98. The van der Waals surface area contributed by atoms with Crippen LogP contribution in [-0.4, -0.2) is 31.7 Å². The summed E-state index contributed by atoms with van der Waals surface area (Å²) in [5.41, 5.74) is 4.56. The Labute approximate surface area is 138 Å². The molecule has 4 heteroatoms. The number of nitrogens with one attached hydrogen (secondary N) is 2. The maximum absolute atomic E-state index is 8.28. The van der Waals surface area contributed by atoms with Gasteiger partial charge in [0, 0.05) is 42.3 Å². The topological polar surface area (TPSA) is 60.6 Å². The molecule has 0 atom stereocenters. The van der Waals surface area contributed by atoms with Gasteiger partial charge in [-0.3, -0.25) is 15.4 Å². The summed E-state index contributed by atoms with van der Waals surface area (Å²) in [6, 6.07) is 5.86. The first-order chi connectivity index (χ1) is 11.0. The van der Waals surface area contributed by atoms with Crippen LogP contribution in [0.5, 0.6) is 0 Å². The first kappa shape index (κ1) is 18.3. The van der Waals surface area contributed by atoms with Crippen molar-refractivity contribution in [3.63, 3.8) is 0 Å². The summed E-state index contributed by atoms with van der Waals surface area (Å²) in [6.45, 7) is 16.2. The van der Waals surface area contributed by atoms with E-state index >= 15 is 0 Å². The lowest BCUT2D eigenvalue weighted by Crippen LogP contribution is -2.08. The maximum Gasteiger partial charge on any atom is 0.0656 e. The Kier molecular flexibility index (Phi) is 7.40. The highest BCUT2D eigenvalue weighted by Crippen LogP contribution is 2.24. The molecule has 0 unspecified atom stereocenters. The maximum atomic E-state index is 8.28. The van der Waals surface area contributed by atoms with E-state index < -0.39 is 0 Å². The standard InChI is InChI=1S/C19H24N4/c1-6-10-23-18-9-8-15(11-17(18)19(20)14(3)4)16(12-21-5)13-22-7-2/h6,8-9,11-13,20,23H,1,3,5,7,10H2,2,4H3/b16-12+,20-19?,22-13-. The van der Waals surface area contributed by atoms with Crippen molar-refractivity contribution in [2.75, 3.05) is 18.4 Å². The van der Waals surface area contributed by atoms with Crippen molar-refractivity contribution in [3.8, 4) is 0 Å². The molecule has 0 radical (unpaired) electrons. The Morgan fingerprint density at radius 2 is 2.13 bits per heavy atom. The van der Waals surface area contributed by atoms with Crippen LogP contribution in [0.4, 0.5) is 5.69 Å². The van der Waals surface area contributed by atoms with Gasteiger partial charge in [0.15, 0.2) is 0 Å². The molecule has 1 aromatic carbocycles. The molecule has 0 aliphatic carbocycles. The minimum absolute atomic E-state index is 0.400. The Hall–Kier alpha value is -2.75. The van der Waals surface area contributed by atoms with E-state index in [1.165, 1.54) is 0 Å². The van der Waals surface area contributed by atoms with E-state index in [0.717, 1.165) is 22.4 Å². The summed E-state index contributed by atoms with van der Waals surface area (Å²) in [6.07, 6.45) is 5.22. The highest BCUT2D eigenvalue weighted by Gasteiger charge is 2.11. The smallest absolute Gasteiger partial charge is 0.0656 e. The zero-order valence-electron chi connectivity index (χ0n) is 13.9. The Balaban J connectivity index is 3.38. The monoisotopic (exact) mass is 308 g/mol. The molecule has 2 N–H and O–H groups in total. The van der Waals surface area contributed by atoms with Crippen molar-refractivity contribution in [2.45, 2.75) is 13.8 Å². The summed E-state index contributed by atoms with van der Waals surface area (Å²) >= 11 is 0. The van der Waals surface area contributed by atoms with Crippen molar-refractivity contribution in [2.24, 2.45) is 9.98 Å². The van der Waals surface area contributed by atoms with Gasteiger partial charge in [0.05, 0.1) is 5.71 Å². The zero-order valence-corrected chi connectivity index (χ0v) is 13.9. The van der Waals surface area contributed by atoms with Gasteiger partial charge in [-0.25, -0.2) is 0 Å². The van der Waals surface area contributed by atoms with Crippen molar-refractivity contribution >= 4 is 29.9 Å². The summed E-state index contributed by atoms with van der Waals surface area (Å²) in [4.78, 5) is 8.11. The third kappa shape index (κ3) is 5.18. The highest BCUT2D eigenvalue weighted by atomic mass is 14.9. The van der Waals surface area contributed by atoms with E-state index in [1.54, 1.807) is 18.5 Å². The van der Waals surface area contributed by atoms with Crippen LogP contribution < -0.4 is 5.32 Å². The minimum atomic E-state index is 0.400. The molecule has 0 saturated heterocycles. The van der Waals surface area contributed by atoms with Crippen LogP contribution in [0.25, 0.3) is 5.57 Å². The van der Waals surface area contributed by atoms with E-state index in [1.807, 2.05) is 32.0 Å². The van der Waals surface area contributed by atoms with Crippen LogP contribution in [-0.2, 0) is 0 Å². The van der Waals surface area contributed by atoms with Crippen LogP contribution in [0, 0.1) is 5.41 Å². The Morgan fingerprint density at radius 1 is 1.39 bits per heavy atom. The molecule has 0 amide bonds. The average Bonchev–Trinajstić information content (AvgIpc) is 2.55. The third-order valence-corrected chi connectivity index (χ3v) is 3.13. The van der Waals surface area contributed by atoms with Gasteiger partial charge in [-0.05, 0) is 43.8 Å². The van der Waals surface area contributed by atoms with E-state index in [2.05, 4.69) is 35.2 Å². The fourth-order valence-corrected chi connectivity index (χ4v) is 1.97. The molecule has 1 aromatic rings. The summed E-state index contributed by atoms with van der Waals surface area (Å²) in [5, 5.41) is 11.5. The van der Waals surface area contributed by atoms with Gasteiger partial charge in [0.1, 0.15) is 0 Å². The minimum Gasteiger partial charge on any atom is -0.381 e. The van der Waals surface area contributed by atoms with Crippen LogP contribution in [0.15, 0.2) is 59.2 Å². The third-order valence-electron chi connectivity index (χ3n) is 3.13. The molecule has 120 valence electrons. The van der Waals surface area contributed by atoms with Crippen LogP contribution >= 0.6 is 0 Å². The van der Waals surface area contributed by atoms with Crippen LogP contribution in [0.2, 0.25) is 0 Å².